The third-order valence-electron chi connectivity index (χ3n) is 3.91. The van der Waals surface area contributed by atoms with Crippen LogP contribution in [-0.4, -0.2) is 53.8 Å². The summed E-state index contributed by atoms with van der Waals surface area (Å²) in [7, 11) is 0. The predicted molar refractivity (Wildman–Crippen MR) is 90.5 cm³/mol. The Bertz CT molecular complexity index is 547. The second-order valence-corrected chi connectivity index (χ2v) is 6.56. The first kappa shape index (κ1) is 18.3. The molecule has 0 aliphatic carbocycles. The molecule has 1 aliphatic rings. The third kappa shape index (κ3) is 5.23. The van der Waals surface area contributed by atoms with Gasteiger partial charge in [-0.25, -0.2) is 4.79 Å². The van der Waals surface area contributed by atoms with Crippen LogP contribution in [-0.2, 0) is 16.0 Å². The minimum atomic E-state index is -0.693. The zero-order valence-electron chi connectivity index (χ0n) is 14.3. The molecular weight excluding hydrogens is 308 g/mol. The lowest BCUT2D eigenvalue weighted by Gasteiger charge is -2.23. The summed E-state index contributed by atoms with van der Waals surface area (Å²) in [6, 6.07) is 9.19. The fraction of sp³-hybridized carbons (Fsp3) is 0.556. The van der Waals surface area contributed by atoms with Crippen molar-refractivity contribution >= 4 is 12.0 Å². The van der Waals surface area contributed by atoms with E-state index in [-0.39, 0.29) is 24.8 Å². The SMILES string of the molecule is CC(C)COC(=O)N1C[C@@H](O)C[C@H]1C(=O)NCCc1ccccc1. The highest BCUT2D eigenvalue weighted by Crippen LogP contribution is 2.19. The normalized spacial score (nSPS) is 20.2. The molecule has 0 aromatic heterocycles. The number of rotatable bonds is 6. The van der Waals surface area contributed by atoms with Crippen molar-refractivity contribution in [3.63, 3.8) is 0 Å². The van der Waals surface area contributed by atoms with E-state index in [1.54, 1.807) is 0 Å². The minimum Gasteiger partial charge on any atom is -0.449 e. The van der Waals surface area contributed by atoms with E-state index in [0.717, 1.165) is 12.0 Å². The first-order chi connectivity index (χ1) is 11.5. The molecule has 2 atom stereocenters. The third-order valence-corrected chi connectivity index (χ3v) is 3.91. The number of carbonyl (C=O) groups is 2. The van der Waals surface area contributed by atoms with Crippen molar-refractivity contribution in [1.82, 2.24) is 10.2 Å². The van der Waals surface area contributed by atoms with E-state index in [4.69, 9.17) is 4.74 Å². The van der Waals surface area contributed by atoms with E-state index in [1.165, 1.54) is 4.90 Å². The zero-order valence-corrected chi connectivity index (χ0v) is 14.3. The Kier molecular flexibility index (Phi) is 6.61. The fourth-order valence-corrected chi connectivity index (χ4v) is 2.68. The molecule has 1 saturated heterocycles. The van der Waals surface area contributed by atoms with Crippen LogP contribution in [0.1, 0.15) is 25.8 Å². The second-order valence-electron chi connectivity index (χ2n) is 6.56. The Morgan fingerprint density at radius 3 is 2.71 bits per heavy atom. The number of hydrogen-bond acceptors (Lipinski definition) is 4. The van der Waals surface area contributed by atoms with Crippen LogP contribution in [0.15, 0.2) is 30.3 Å². The van der Waals surface area contributed by atoms with Crippen molar-refractivity contribution in [2.24, 2.45) is 5.92 Å². The highest BCUT2D eigenvalue weighted by Gasteiger charge is 2.39. The number of nitrogens with zero attached hydrogens (tertiary/aromatic N) is 1. The van der Waals surface area contributed by atoms with Crippen LogP contribution in [0.5, 0.6) is 0 Å². The average Bonchev–Trinajstić information content (AvgIpc) is 2.95. The maximum Gasteiger partial charge on any atom is 0.410 e. The number of ether oxygens (including phenoxy) is 1. The van der Waals surface area contributed by atoms with Crippen molar-refractivity contribution in [2.75, 3.05) is 19.7 Å². The number of benzene rings is 1. The summed E-state index contributed by atoms with van der Waals surface area (Å²) in [5.74, 6) is -0.0244. The minimum absolute atomic E-state index is 0.133. The monoisotopic (exact) mass is 334 g/mol. The lowest BCUT2D eigenvalue weighted by Crippen LogP contribution is -2.46. The summed E-state index contributed by atoms with van der Waals surface area (Å²) in [6.07, 6.45) is -0.266. The quantitative estimate of drug-likeness (QED) is 0.828. The van der Waals surface area contributed by atoms with E-state index in [1.807, 2.05) is 44.2 Å². The van der Waals surface area contributed by atoms with Crippen LogP contribution in [0.2, 0.25) is 0 Å². The van der Waals surface area contributed by atoms with Gasteiger partial charge in [-0.1, -0.05) is 44.2 Å². The number of aliphatic hydroxyl groups is 1. The highest BCUT2D eigenvalue weighted by molar-refractivity contribution is 5.86. The van der Waals surface area contributed by atoms with Gasteiger partial charge in [0.25, 0.3) is 0 Å². The van der Waals surface area contributed by atoms with E-state index < -0.39 is 18.2 Å². The first-order valence-electron chi connectivity index (χ1n) is 8.40. The molecule has 1 heterocycles. The molecular formula is C18H26N2O4. The van der Waals surface area contributed by atoms with Gasteiger partial charge in [0.2, 0.25) is 5.91 Å². The van der Waals surface area contributed by atoms with E-state index in [9.17, 15) is 14.7 Å². The lowest BCUT2D eigenvalue weighted by atomic mass is 10.1. The number of aliphatic hydroxyl groups excluding tert-OH is 1. The van der Waals surface area contributed by atoms with Crippen molar-refractivity contribution in [2.45, 2.75) is 38.8 Å². The summed E-state index contributed by atoms with van der Waals surface area (Å²) < 4.78 is 5.19. The van der Waals surface area contributed by atoms with E-state index in [2.05, 4.69) is 5.32 Å². The largest absolute Gasteiger partial charge is 0.449 e. The zero-order chi connectivity index (χ0) is 17.5. The molecule has 0 radical (unpaired) electrons. The van der Waals surface area contributed by atoms with Gasteiger partial charge in [0.15, 0.2) is 0 Å². The van der Waals surface area contributed by atoms with Crippen LogP contribution in [0.25, 0.3) is 0 Å². The van der Waals surface area contributed by atoms with E-state index in [0.29, 0.717) is 13.2 Å². The molecule has 0 unspecified atom stereocenters. The summed E-state index contributed by atoms with van der Waals surface area (Å²) in [5.41, 5.74) is 1.14. The van der Waals surface area contributed by atoms with Gasteiger partial charge >= 0.3 is 6.09 Å². The standard InChI is InChI=1S/C18H26N2O4/c1-13(2)12-24-18(23)20-11-15(21)10-16(20)17(22)19-9-8-14-6-4-3-5-7-14/h3-7,13,15-16,21H,8-12H2,1-2H3,(H,19,22)/t15-,16-/m0/s1. The van der Waals surface area contributed by atoms with Crippen LogP contribution >= 0.6 is 0 Å². The smallest absolute Gasteiger partial charge is 0.410 e. The van der Waals surface area contributed by atoms with Crippen LogP contribution in [0, 0.1) is 5.92 Å². The highest BCUT2D eigenvalue weighted by atomic mass is 16.6. The van der Waals surface area contributed by atoms with Gasteiger partial charge < -0.3 is 15.2 Å². The van der Waals surface area contributed by atoms with Crippen LogP contribution < -0.4 is 5.32 Å². The summed E-state index contributed by atoms with van der Waals surface area (Å²) in [6.45, 7) is 4.81. The molecule has 2 N–H and O–H groups in total. The van der Waals surface area contributed by atoms with Gasteiger partial charge in [0, 0.05) is 13.0 Å². The molecule has 6 heteroatoms. The Morgan fingerprint density at radius 1 is 1.33 bits per heavy atom. The molecule has 6 nitrogen and oxygen atoms in total. The lowest BCUT2D eigenvalue weighted by molar-refractivity contribution is -0.125. The topological polar surface area (TPSA) is 78.9 Å². The molecule has 0 bridgehead atoms. The van der Waals surface area contributed by atoms with Gasteiger partial charge in [-0.2, -0.15) is 0 Å². The predicted octanol–water partition coefficient (Wildman–Crippen LogP) is 1.57. The number of β-amino-alcohol motifs (C(OH)–C–C–N with tert-alkyl or cyclic N) is 1. The number of hydrogen-bond donors (Lipinski definition) is 2. The molecule has 1 aliphatic heterocycles. The molecule has 0 spiro atoms. The van der Waals surface area contributed by atoms with E-state index >= 15 is 0 Å². The van der Waals surface area contributed by atoms with Crippen molar-refractivity contribution < 1.29 is 19.4 Å². The van der Waals surface area contributed by atoms with Crippen molar-refractivity contribution in [3.05, 3.63) is 35.9 Å². The Hall–Kier alpha value is -2.08. The number of nitrogens with one attached hydrogen (secondary N) is 1. The average molecular weight is 334 g/mol. The molecule has 2 amide bonds. The Morgan fingerprint density at radius 2 is 2.04 bits per heavy atom. The Balaban J connectivity index is 1.85. The molecule has 1 fully saturated rings. The summed E-state index contributed by atoms with van der Waals surface area (Å²) in [4.78, 5) is 25.8. The number of carbonyl (C=O) groups excluding carboxylic acids is 2. The van der Waals surface area contributed by atoms with Crippen molar-refractivity contribution in [3.8, 4) is 0 Å². The van der Waals surface area contributed by atoms with Gasteiger partial charge in [0.1, 0.15) is 6.04 Å². The van der Waals surface area contributed by atoms with Gasteiger partial charge in [-0.15, -0.1) is 0 Å². The molecule has 1 aromatic rings. The number of amides is 2. The van der Waals surface area contributed by atoms with Gasteiger partial charge in [0.05, 0.1) is 19.3 Å². The van der Waals surface area contributed by atoms with Crippen LogP contribution in [0.3, 0.4) is 0 Å². The molecule has 2 rings (SSSR count). The molecule has 24 heavy (non-hydrogen) atoms. The molecule has 0 saturated carbocycles. The first-order valence-corrected chi connectivity index (χ1v) is 8.40. The maximum absolute atomic E-state index is 12.4. The summed E-state index contributed by atoms with van der Waals surface area (Å²) >= 11 is 0. The molecule has 1 aromatic carbocycles. The fourth-order valence-electron chi connectivity index (χ4n) is 2.68. The second kappa shape index (κ2) is 8.68. The summed E-state index contributed by atoms with van der Waals surface area (Å²) in [5, 5.41) is 12.7. The molecule has 132 valence electrons. The van der Waals surface area contributed by atoms with Gasteiger partial charge in [-0.3, -0.25) is 9.69 Å². The van der Waals surface area contributed by atoms with Gasteiger partial charge in [-0.05, 0) is 17.9 Å². The van der Waals surface area contributed by atoms with Crippen molar-refractivity contribution in [1.29, 1.82) is 0 Å². The Labute approximate surface area is 142 Å². The number of likely N-dealkylation sites (tertiary alicyclic amines) is 1. The van der Waals surface area contributed by atoms with Crippen LogP contribution in [0.4, 0.5) is 4.79 Å². The maximum atomic E-state index is 12.4.